The Balaban J connectivity index is 1.68. The minimum Gasteiger partial charge on any atom is -0.378 e. The third-order valence-corrected chi connectivity index (χ3v) is 5.91. The van der Waals surface area contributed by atoms with Gasteiger partial charge in [-0.2, -0.15) is 0 Å². The van der Waals surface area contributed by atoms with Crippen LogP contribution in [0.1, 0.15) is 15.2 Å². The van der Waals surface area contributed by atoms with Crippen LogP contribution in [0, 0.1) is 6.92 Å². The summed E-state index contributed by atoms with van der Waals surface area (Å²) in [5, 5.41) is 4.19. The number of para-hydroxylation sites is 1. The van der Waals surface area contributed by atoms with Crippen LogP contribution in [0.25, 0.3) is 11.1 Å². The molecule has 0 aliphatic carbocycles. The van der Waals surface area contributed by atoms with Gasteiger partial charge in [0.15, 0.2) is 0 Å². The Bertz CT molecular complexity index is 930. The van der Waals surface area contributed by atoms with Crippen molar-refractivity contribution < 1.29 is 9.53 Å². The van der Waals surface area contributed by atoms with Gasteiger partial charge in [0.25, 0.3) is 5.91 Å². The SMILES string of the molecule is Cc1ccccc1NC(=O)c1cc(-c2ccccc2)c(N2CCOCC2)s1. The average molecular weight is 378 g/mol. The number of nitrogens with one attached hydrogen (secondary N) is 1. The zero-order chi connectivity index (χ0) is 18.6. The van der Waals surface area contributed by atoms with Gasteiger partial charge in [0, 0.05) is 24.3 Å². The maximum Gasteiger partial charge on any atom is 0.265 e. The first-order chi connectivity index (χ1) is 13.2. The van der Waals surface area contributed by atoms with E-state index in [-0.39, 0.29) is 5.91 Å². The van der Waals surface area contributed by atoms with Crippen LogP contribution in [0.2, 0.25) is 0 Å². The Kier molecular flexibility index (Phi) is 5.23. The summed E-state index contributed by atoms with van der Waals surface area (Å²) in [7, 11) is 0. The van der Waals surface area contributed by atoms with Crippen molar-refractivity contribution in [3.05, 3.63) is 71.1 Å². The second-order valence-corrected chi connectivity index (χ2v) is 7.59. The van der Waals surface area contributed by atoms with Gasteiger partial charge in [-0.1, -0.05) is 48.5 Å². The maximum atomic E-state index is 12.9. The highest BCUT2D eigenvalue weighted by molar-refractivity contribution is 7.18. The Hall–Kier alpha value is -2.63. The molecular weight excluding hydrogens is 356 g/mol. The highest BCUT2D eigenvalue weighted by Gasteiger charge is 2.22. The normalized spacial score (nSPS) is 14.2. The molecule has 0 atom stereocenters. The number of thiophene rings is 1. The molecule has 1 amide bonds. The molecule has 3 aromatic rings. The molecule has 0 radical (unpaired) electrons. The van der Waals surface area contributed by atoms with Gasteiger partial charge in [0.2, 0.25) is 0 Å². The molecular formula is C22H22N2O2S. The third kappa shape index (κ3) is 3.89. The van der Waals surface area contributed by atoms with Crippen molar-refractivity contribution in [3.63, 3.8) is 0 Å². The van der Waals surface area contributed by atoms with Gasteiger partial charge >= 0.3 is 0 Å². The largest absolute Gasteiger partial charge is 0.378 e. The zero-order valence-corrected chi connectivity index (χ0v) is 16.1. The number of morpholine rings is 1. The van der Waals surface area contributed by atoms with Crippen LogP contribution < -0.4 is 10.2 Å². The Morgan fingerprint density at radius 1 is 1.04 bits per heavy atom. The third-order valence-electron chi connectivity index (χ3n) is 4.71. The van der Waals surface area contributed by atoms with E-state index < -0.39 is 0 Å². The molecule has 4 nitrogen and oxygen atoms in total. The molecule has 0 saturated carbocycles. The lowest BCUT2D eigenvalue weighted by molar-refractivity contribution is 0.103. The maximum absolute atomic E-state index is 12.9. The van der Waals surface area contributed by atoms with Crippen LogP contribution in [0.3, 0.4) is 0 Å². The lowest BCUT2D eigenvalue weighted by Gasteiger charge is -2.28. The van der Waals surface area contributed by atoms with Crippen LogP contribution >= 0.6 is 11.3 Å². The number of nitrogens with zero attached hydrogens (tertiary/aromatic N) is 1. The van der Waals surface area contributed by atoms with Crippen molar-refractivity contribution >= 4 is 27.9 Å². The number of ether oxygens (including phenoxy) is 1. The lowest BCUT2D eigenvalue weighted by atomic mass is 10.1. The molecule has 2 heterocycles. The number of carbonyl (C=O) groups is 1. The van der Waals surface area contributed by atoms with E-state index in [9.17, 15) is 4.79 Å². The van der Waals surface area contributed by atoms with E-state index in [1.807, 2.05) is 55.5 Å². The van der Waals surface area contributed by atoms with E-state index >= 15 is 0 Å². The minimum absolute atomic E-state index is 0.0639. The van der Waals surface area contributed by atoms with E-state index in [1.54, 1.807) is 11.3 Å². The second-order valence-electron chi connectivity index (χ2n) is 6.56. The standard InChI is InChI=1S/C22H22N2O2S/c1-16-7-5-6-10-19(16)23-21(25)20-15-18(17-8-3-2-4-9-17)22(27-20)24-11-13-26-14-12-24/h2-10,15H,11-14H2,1H3,(H,23,25). The molecule has 2 aromatic carbocycles. The molecule has 138 valence electrons. The fourth-order valence-corrected chi connectivity index (χ4v) is 4.34. The summed E-state index contributed by atoms with van der Waals surface area (Å²) in [6.07, 6.45) is 0. The molecule has 1 N–H and O–H groups in total. The molecule has 0 unspecified atom stereocenters. The first-order valence-corrected chi connectivity index (χ1v) is 9.93. The molecule has 4 rings (SSSR count). The van der Waals surface area contributed by atoms with Crippen molar-refractivity contribution in [3.8, 4) is 11.1 Å². The first-order valence-electron chi connectivity index (χ1n) is 9.11. The second kappa shape index (κ2) is 7.94. The summed E-state index contributed by atoms with van der Waals surface area (Å²) in [4.78, 5) is 15.9. The van der Waals surface area contributed by atoms with Gasteiger partial charge < -0.3 is 15.0 Å². The lowest BCUT2D eigenvalue weighted by Crippen LogP contribution is -2.35. The van der Waals surface area contributed by atoms with Gasteiger partial charge in [-0.15, -0.1) is 11.3 Å². The van der Waals surface area contributed by atoms with Gasteiger partial charge in [-0.3, -0.25) is 4.79 Å². The topological polar surface area (TPSA) is 41.6 Å². The average Bonchev–Trinajstić information content (AvgIpc) is 3.17. The zero-order valence-electron chi connectivity index (χ0n) is 15.3. The van der Waals surface area contributed by atoms with E-state index in [0.717, 1.165) is 58.6 Å². The number of hydrogen-bond donors (Lipinski definition) is 1. The highest BCUT2D eigenvalue weighted by atomic mass is 32.1. The number of amides is 1. The van der Waals surface area contributed by atoms with Crippen LogP contribution in [0.5, 0.6) is 0 Å². The van der Waals surface area contributed by atoms with Crippen molar-refractivity contribution in [2.45, 2.75) is 6.92 Å². The first kappa shape index (κ1) is 17.8. The number of benzene rings is 2. The fourth-order valence-electron chi connectivity index (χ4n) is 3.22. The van der Waals surface area contributed by atoms with E-state index in [1.165, 1.54) is 0 Å². The fraction of sp³-hybridized carbons (Fsp3) is 0.227. The van der Waals surface area contributed by atoms with E-state index in [2.05, 4.69) is 22.3 Å². The quantitative estimate of drug-likeness (QED) is 0.708. The van der Waals surface area contributed by atoms with Crippen molar-refractivity contribution in [1.82, 2.24) is 0 Å². The van der Waals surface area contributed by atoms with E-state index in [0.29, 0.717) is 0 Å². The summed E-state index contributed by atoms with van der Waals surface area (Å²) >= 11 is 1.55. The molecule has 1 aromatic heterocycles. The monoisotopic (exact) mass is 378 g/mol. The van der Waals surface area contributed by atoms with E-state index in [4.69, 9.17) is 4.74 Å². The number of hydrogen-bond acceptors (Lipinski definition) is 4. The van der Waals surface area contributed by atoms with Crippen molar-refractivity contribution in [2.75, 3.05) is 36.5 Å². The summed E-state index contributed by atoms with van der Waals surface area (Å²) in [5.41, 5.74) is 4.15. The molecule has 5 heteroatoms. The summed E-state index contributed by atoms with van der Waals surface area (Å²) in [6.45, 7) is 5.13. The van der Waals surface area contributed by atoms with Gasteiger partial charge in [0.1, 0.15) is 0 Å². The van der Waals surface area contributed by atoms with Gasteiger partial charge in [-0.25, -0.2) is 0 Å². The Labute approximate surface area is 163 Å². The molecule has 27 heavy (non-hydrogen) atoms. The summed E-state index contributed by atoms with van der Waals surface area (Å²) < 4.78 is 5.50. The predicted octanol–water partition coefficient (Wildman–Crippen LogP) is 4.81. The number of rotatable bonds is 4. The number of anilines is 2. The molecule has 1 aliphatic heterocycles. The highest BCUT2D eigenvalue weighted by Crippen LogP contribution is 2.39. The summed E-state index contributed by atoms with van der Waals surface area (Å²) in [5.74, 6) is -0.0639. The molecule has 1 fully saturated rings. The Morgan fingerprint density at radius 2 is 1.74 bits per heavy atom. The molecule has 0 spiro atoms. The van der Waals surface area contributed by atoms with Crippen LogP contribution in [0.15, 0.2) is 60.7 Å². The van der Waals surface area contributed by atoms with Gasteiger partial charge in [-0.05, 0) is 30.2 Å². The minimum atomic E-state index is -0.0639. The molecule has 1 saturated heterocycles. The van der Waals surface area contributed by atoms with Crippen LogP contribution in [0.4, 0.5) is 10.7 Å². The summed E-state index contributed by atoms with van der Waals surface area (Å²) in [6, 6.07) is 20.1. The smallest absolute Gasteiger partial charge is 0.265 e. The molecule has 1 aliphatic rings. The number of carbonyl (C=O) groups excluding carboxylic acids is 1. The molecule has 0 bridgehead atoms. The van der Waals surface area contributed by atoms with Crippen molar-refractivity contribution in [2.24, 2.45) is 0 Å². The van der Waals surface area contributed by atoms with Crippen LogP contribution in [-0.4, -0.2) is 32.2 Å². The number of aryl methyl sites for hydroxylation is 1. The van der Waals surface area contributed by atoms with Crippen LogP contribution in [-0.2, 0) is 4.74 Å². The Morgan fingerprint density at radius 3 is 2.48 bits per heavy atom. The van der Waals surface area contributed by atoms with Crippen molar-refractivity contribution in [1.29, 1.82) is 0 Å². The predicted molar refractivity (Wildman–Crippen MR) is 112 cm³/mol. The van der Waals surface area contributed by atoms with Gasteiger partial charge in [0.05, 0.1) is 23.1 Å².